The Bertz CT molecular complexity index is 1240. The molecular formula is C30H37F4N3O4. The van der Waals surface area contributed by atoms with Crippen LogP contribution in [0.15, 0.2) is 47.6 Å². The molecule has 224 valence electrons. The van der Waals surface area contributed by atoms with Gasteiger partial charge < -0.3 is 19.5 Å². The summed E-state index contributed by atoms with van der Waals surface area (Å²) in [6.07, 6.45) is -3.75. The van der Waals surface area contributed by atoms with Crippen molar-refractivity contribution in [3.8, 4) is 11.5 Å². The zero-order valence-corrected chi connectivity index (χ0v) is 23.7. The first-order valence-electron chi connectivity index (χ1n) is 14.0. The standard InChI is InChI=1S/C30H37F4N3O4/c1-5-40-23-10-11-24(31)26(15-23)36-13-12-27(20(17-36)14-18(2)3)41-22-8-6-21(7-9-22)37-25(16-28(38)39)19(4)29(35-37)30(32,33)34/h6-11,15,18-20,25,27H,5,12-14,16-17H2,1-4H3,(H,38,39). The van der Waals surface area contributed by atoms with Crippen molar-refractivity contribution >= 4 is 23.1 Å². The van der Waals surface area contributed by atoms with Gasteiger partial charge in [0.2, 0.25) is 0 Å². The Morgan fingerprint density at radius 1 is 1.15 bits per heavy atom. The van der Waals surface area contributed by atoms with E-state index in [0.717, 1.165) is 11.4 Å². The molecule has 2 aliphatic rings. The molecule has 2 heterocycles. The molecule has 0 saturated carbocycles. The minimum atomic E-state index is -4.65. The zero-order chi connectivity index (χ0) is 29.9. The normalized spacial score (nSPS) is 23.1. The number of nitrogens with zero attached hydrogens (tertiary/aromatic N) is 3. The molecule has 4 unspecified atom stereocenters. The highest BCUT2D eigenvalue weighted by molar-refractivity contribution is 5.95. The summed E-state index contributed by atoms with van der Waals surface area (Å²) in [6, 6.07) is 10.3. The second kappa shape index (κ2) is 12.6. The number of hydrogen-bond acceptors (Lipinski definition) is 6. The molecule has 1 saturated heterocycles. The molecule has 0 aromatic heterocycles. The van der Waals surface area contributed by atoms with Crippen LogP contribution in [-0.4, -0.2) is 54.8 Å². The fourth-order valence-corrected chi connectivity index (χ4v) is 5.74. The Morgan fingerprint density at radius 2 is 1.83 bits per heavy atom. The lowest BCUT2D eigenvalue weighted by Gasteiger charge is -2.40. The van der Waals surface area contributed by atoms with Gasteiger partial charge in [-0.3, -0.25) is 9.80 Å². The Hall–Kier alpha value is -3.50. The molecule has 0 spiro atoms. The number of anilines is 2. The van der Waals surface area contributed by atoms with E-state index in [4.69, 9.17) is 9.47 Å². The molecule has 4 rings (SSSR count). The number of carboxylic acids is 1. The van der Waals surface area contributed by atoms with Crippen molar-refractivity contribution in [2.75, 3.05) is 29.6 Å². The number of aliphatic carboxylic acids is 1. The minimum absolute atomic E-state index is 0.108. The van der Waals surface area contributed by atoms with E-state index in [2.05, 4.69) is 18.9 Å². The van der Waals surface area contributed by atoms with Gasteiger partial charge in [0.1, 0.15) is 29.1 Å². The third kappa shape index (κ3) is 7.23. The van der Waals surface area contributed by atoms with Crippen LogP contribution in [0.1, 0.15) is 47.0 Å². The van der Waals surface area contributed by atoms with Crippen LogP contribution in [0.5, 0.6) is 11.5 Å². The molecule has 2 aromatic carbocycles. The number of rotatable bonds is 10. The van der Waals surface area contributed by atoms with Crippen LogP contribution in [-0.2, 0) is 4.79 Å². The largest absolute Gasteiger partial charge is 0.494 e. The zero-order valence-electron chi connectivity index (χ0n) is 23.7. The summed E-state index contributed by atoms with van der Waals surface area (Å²) >= 11 is 0. The lowest BCUT2D eigenvalue weighted by atomic mass is 9.86. The molecule has 7 nitrogen and oxygen atoms in total. The third-order valence-corrected chi connectivity index (χ3v) is 7.61. The number of hydrazone groups is 1. The van der Waals surface area contributed by atoms with Crippen LogP contribution in [0.2, 0.25) is 0 Å². The van der Waals surface area contributed by atoms with Crippen LogP contribution < -0.4 is 19.4 Å². The fourth-order valence-electron chi connectivity index (χ4n) is 5.74. The smallest absolute Gasteiger partial charge is 0.431 e. The molecule has 11 heteroatoms. The molecule has 1 fully saturated rings. The van der Waals surface area contributed by atoms with Crippen molar-refractivity contribution in [3.63, 3.8) is 0 Å². The lowest BCUT2D eigenvalue weighted by Crippen LogP contribution is -2.46. The molecule has 41 heavy (non-hydrogen) atoms. The van der Waals surface area contributed by atoms with Crippen LogP contribution in [0.3, 0.4) is 0 Å². The molecule has 4 atom stereocenters. The van der Waals surface area contributed by atoms with E-state index in [9.17, 15) is 27.5 Å². The summed E-state index contributed by atoms with van der Waals surface area (Å²) in [4.78, 5) is 13.4. The Kier molecular flexibility index (Phi) is 9.34. The maximum Gasteiger partial charge on any atom is 0.431 e. The van der Waals surface area contributed by atoms with Gasteiger partial charge in [-0.05, 0) is 55.7 Å². The number of carboxylic acid groups (broad SMARTS) is 1. The third-order valence-electron chi connectivity index (χ3n) is 7.61. The van der Waals surface area contributed by atoms with Crippen LogP contribution in [0.4, 0.5) is 28.9 Å². The molecule has 0 bridgehead atoms. The quantitative estimate of drug-likeness (QED) is 0.314. The summed E-state index contributed by atoms with van der Waals surface area (Å²) in [7, 11) is 0. The van der Waals surface area contributed by atoms with Crippen LogP contribution >= 0.6 is 0 Å². The van der Waals surface area contributed by atoms with E-state index >= 15 is 0 Å². The lowest BCUT2D eigenvalue weighted by molar-refractivity contribution is -0.137. The van der Waals surface area contributed by atoms with Gasteiger partial charge in [0.05, 0.1) is 30.4 Å². The van der Waals surface area contributed by atoms with Gasteiger partial charge in [0, 0.05) is 37.4 Å². The Balaban J connectivity index is 1.50. The average Bonchev–Trinajstić information content (AvgIpc) is 3.22. The Labute approximate surface area is 237 Å². The molecule has 0 aliphatic carbocycles. The highest BCUT2D eigenvalue weighted by atomic mass is 19.4. The molecule has 2 aromatic rings. The van der Waals surface area contributed by atoms with Crippen molar-refractivity contribution < 1.29 is 36.9 Å². The fraction of sp³-hybridized carbons (Fsp3) is 0.533. The summed E-state index contributed by atoms with van der Waals surface area (Å²) in [5.41, 5.74) is -0.134. The predicted molar refractivity (Wildman–Crippen MR) is 149 cm³/mol. The molecule has 1 N–H and O–H groups in total. The number of halogens is 4. The van der Waals surface area contributed by atoms with E-state index in [0.29, 0.717) is 54.9 Å². The first-order chi connectivity index (χ1) is 19.4. The van der Waals surface area contributed by atoms with Gasteiger partial charge in [0.25, 0.3) is 0 Å². The number of hydrogen-bond donors (Lipinski definition) is 1. The first-order valence-corrected chi connectivity index (χ1v) is 14.0. The predicted octanol–water partition coefficient (Wildman–Crippen LogP) is 6.76. The van der Waals surface area contributed by atoms with E-state index in [1.165, 1.54) is 13.0 Å². The van der Waals surface area contributed by atoms with Crippen molar-refractivity contribution in [1.29, 1.82) is 0 Å². The topological polar surface area (TPSA) is 74.6 Å². The summed E-state index contributed by atoms with van der Waals surface area (Å²) < 4.78 is 67.3. The van der Waals surface area contributed by atoms with Gasteiger partial charge in [-0.1, -0.05) is 20.8 Å². The molecular weight excluding hydrogens is 542 g/mol. The van der Waals surface area contributed by atoms with Gasteiger partial charge >= 0.3 is 12.1 Å². The molecule has 2 aliphatic heterocycles. The van der Waals surface area contributed by atoms with E-state index in [1.54, 1.807) is 36.4 Å². The summed E-state index contributed by atoms with van der Waals surface area (Å²) in [6.45, 7) is 9.15. The molecule has 0 radical (unpaired) electrons. The summed E-state index contributed by atoms with van der Waals surface area (Å²) in [5.74, 6) is -0.935. The minimum Gasteiger partial charge on any atom is -0.494 e. The van der Waals surface area contributed by atoms with Crippen LogP contribution in [0.25, 0.3) is 0 Å². The summed E-state index contributed by atoms with van der Waals surface area (Å²) in [5, 5.41) is 14.2. The number of carbonyl (C=O) groups is 1. The van der Waals surface area contributed by atoms with Gasteiger partial charge in [0.15, 0.2) is 0 Å². The second-order valence-corrected chi connectivity index (χ2v) is 11.1. The number of ether oxygens (including phenoxy) is 2. The number of alkyl halides is 3. The van der Waals surface area contributed by atoms with E-state index < -0.39 is 36.2 Å². The highest BCUT2D eigenvalue weighted by Gasteiger charge is 2.48. The van der Waals surface area contributed by atoms with E-state index in [1.807, 2.05) is 11.8 Å². The van der Waals surface area contributed by atoms with Gasteiger partial charge in [-0.15, -0.1) is 0 Å². The van der Waals surface area contributed by atoms with Crippen molar-refractivity contribution in [1.82, 2.24) is 0 Å². The monoisotopic (exact) mass is 579 g/mol. The maximum atomic E-state index is 14.8. The SMILES string of the molecule is CCOc1ccc(F)c(N2CCC(Oc3ccc(N4N=C(C(F)(F)F)C(C)C4CC(=O)O)cc3)C(CC(C)C)C2)c1. The number of piperidine rings is 1. The van der Waals surface area contributed by atoms with Crippen molar-refractivity contribution in [2.45, 2.75) is 65.3 Å². The highest BCUT2D eigenvalue weighted by Crippen LogP contribution is 2.38. The van der Waals surface area contributed by atoms with Crippen LogP contribution in [0, 0.1) is 23.6 Å². The van der Waals surface area contributed by atoms with E-state index in [-0.39, 0.29) is 17.8 Å². The van der Waals surface area contributed by atoms with Gasteiger partial charge in [-0.2, -0.15) is 18.3 Å². The van der Waals surface area contributed by atoms with Gasteiger partial charge in [-0.25, -0.2) is 4.39 Å². The maximum absolute atomic E-state index is 14.8. The first kappa shape index (κ1) is 30.5. The Morgan fingerprint density at radius 3 is 2.44 bits per heavy atom. The second-order valence-electron chi connectivity index (χ2n) is 11.1. The van der Waals surface area contributed by atoms with Crippen molar-refractivity contribution in [2.24, 2.45) is 22.9 Å². The van der Waals surface area contributed by atoms with Crippen molar-refractivity contribution in [3.05, 3.63) is 48.3 Å². The number of benzene rings is 2. The average molecular weight is 580 g/mol. The molecule has 0 amide bonds.